The van der Waals surface area contributed by atoms with Gasteiger partial charge in [-0.2, -0.15) is 5.10 Å². The van der Waals surface area contributed by atoms with Gasteiger partial charge < -0.3 is 9.26 Å². The number of hydrogen-bond acceptors (Lipinski definition) is 5. The van der Waals surface area contributed by atoms with Gasteiger partial charge in [0.1, 0.15) is 11.4 Å². The zero-order valence-corrected chi connectivity index (χ0v) is 14.3. The Kier molecular flexibility index (Phi) is 4.58. The number of carbonyl (C=O) groups excluding carboxylic acids is 1. The van der Waals surface area contributed by atoms with E-state index in [4.69, 9.17) is 9.26 Å². The van der Waals surface area contributed by atoms with E-state index < -0.39 is 11.7 Å². The van der Waals surface area contributed by atoms with Crippen molar-refractivity contribution in [2.45, 2.75) is 47.1 Å². The number of rotatable bonds is 3. The molecule has 7 heteroatoms. The van der Waals surface area contributed by atoms with Crippen molar-refractivity contribution < 1.29 is 14.1 Å². The Labute approximate surface area is 135 Å². The fourth-order valence-corrected chi connectivity index (χ4v) is 2.18. The summed E-state index contributed by atoms with van der Waals surface area (Å²) >= 11 is 0. The van der Waals surface area contributed by atoms with Crippen LogP contribution >= 0.6 is 0 Å². The van der Waals surface area contributed by atoms with Crippen LogP contribution in [-0.2, 0) is 4.74 Å². The van der Waals surface area contributed by atoms with Crippen molar-refractivity contribution in [2.75, 3.05) is 0 Å². The van der Waals surface area contributed by atoms with E-state index in [0.717, 1.165) is 28.5 Å². The Morgan fingerprint density at radius 3 is 2.61 bits per heavy atom. The van der Waals surface area contributed by atoms with E-state index in [0.29, 0.717) is 0 Å². The number of nitrogens with one attached hydrogen (secondary N) is 1. The van der Waals surface area contributed by atoms with Gasteiger partial charge in [-0.05, 0) is 47.6 Å². The van der Waals surface area contributed by atoms with Crippen LogP contribution in [0.1, 0.15) is 43.5 Å². The number of ether oxygens (including phenoxy) is 1. The van der Waals surface area contributed by atoms with Gasteiger partial charge in [0.2, 0.25) is 0 Å². The molecule has 1 amide bonds. The minimum absolute atomic E-state index is 0.555. The third-order valence-corrected chi connectivity index (χ3v) is 3.07. The molecule has 0 aromatic carbocycles. The van der Waals surface area contributed by atoms with Crippen molar-refractivity contribution in [2.24, 2.45) is 5.10 Å². The van der Waals surface area contributed by atoms with E-state index in [1.165, 1.54) is 0 Å². The molecule has 0 atom stereocenters. The molecule has 1 N–H and O–H groups in total. The lowest BCUT2D eigenvalue weighted by atomic mass is 10.2. The molecule has 2 heterocycles. The average molecular weight is 318 g/mol. The van der Waals surface area contributed by atoms with Crippen molar-refractivity contribution in [3.05, 3.63) is 34.8 Å². The second-order valence-electron chi connectivity index (χ2n) is 6.33. The van der Waals surface area contributed by atoms with E-state index >= 15 is 0 Å². The average Bonchev–Trinajstić information content (AvgIpc) is 2.92. The van der Waals surface area contributed by atoms with E-state index in [2.05, 4.69) is 15.7 Å². The van der Waals surface area contributed by atoms with Gasteiger partial charge in [0, 0.05) is 23.0 Å². The van der Waals surface area contributed by atoms with Gasteiger partial charge in [-0.1, -0.05) is 5.16 Å². The van der Waals surface area contributed by atoms with Gasteiger partial charge >= 0.3 is 6.09 Å². The molecule has 7 nitrogen and oxygen atoms in total. The molecular formula is C16H22N4O3. The van der Waals surface area contributed by atoms with Gasteiger partial charge in [0.15, 0.2) is 5.82 Å². The van der Waals surface area contributed by atoms with Gasteiger partial charge in [0.05, 0.1) is 6.21 Å². The quantitative estimate of drug-likeness (QED) is 0.695. The normalized spacial score (nSPS) is 11.9. The van der Waals surface area contributed by atoms with Crippen molar-refractivity contribution in [3.63, 3.8) is 0 Å². The lowest BCUT2D eigenvalue weighted by Gasteiger charge is -2.18. The van der Waals surface area contributed by atoms with Crippen molar-refractivity contribution in [1.82, 2.24) is 15.1 Å². The van der Waals surface area contributed by atoms with Crippen LogP contribution in [0.25, 0.3) is 5.82 Å². The molecular weight excluding hydrogens is 296 g/mol. The van der Waals surface area contributed by atoms with Crippen LogP contribution in [-0.4, -0.2) is 27.6 Å². The first-order chi connectivity index (χ1) is 10.7. The van der Waals surface area contributed by atoms with Gasteiger partial charge in [-0.3, -0.25) is 4.57 Å². The molecule has 0 saturated heterocycles. The first kappa shape index (κ1) is 16.8. The largest absolute Gasteiger partial charge is 0.443 e. The fourth-order valence-electron chi connectivity index (χ4n) is 2.18. The highest BCUT2D eigenvalue weighted by Crippen LogP contribution is 2.19. The van der Waals surface area contributed by atoms with E-state index in [-0.39, 0.29) is 0 Å². The van der Waals surface area contributed by atoms with Crippen LogP contribution in [0.5, 0.6) is 0 Å². The minimum Gasteiger partial charge on any atom is -0.443 e. The second-order valence-corrected chi connectivity index (χ2v) is 6.33. The highest BCUT2D eigenvalue weighted by Gasteiger charge is 2.16. The lowest BCUT2D eigenvalue weighted by Crippen LogP contribution is -2.29. The molecule has 0 spiro atoms. The molecule has 2 aromatic heterocycles. The van der Waals surface area contributed by atoms with Gasteiger partial charge in [-0.15, -0.1) is 0 Å². The smallest absolute Gasteiger partial charge is 0.428 e. The Balaban J connectivity index is 2.13. The molecule has 2 rings (SSSR count). The summed E-state index contributed by atoms with van der Waals surface area (Å²) in [6.45, 7) is 11.1. The number of aryl methyl sites for hydroxylation is 2. The van der Waals surface area contributed by atoms with Gasteiger partial charge in [-0.25, -0.2) is 10.2 Å². The molecule has 0 aliphatic carbocycles. The summed E-state index contributed by atoms with van der Waals surface area (Å²) in [6, 6.07) is 3.82. The minimum atomic E-state index is -0.588. The summed E-state index contributed by atoms with van der Waals surface area (Å²) < 4.78 is 12.2. The summed E-state index contributed by atoms with van der Waals surface area (Å²) in [7, 11) is 0. The van der Waals surface area contributed by atoms with Crippen molar-refractivity contribution >= 4 is 12.3 Å². The number of hydrogen-bond donors (Lipinski definition) is 1. The molecule has 0 saturated carbocycles. The maximum atomic E-state index is 11.6. The van der Waals surface area contributed by atoms with E-state index in [1.807, 2.05) is 37.5 Å². The number of amides is 1. The highest BCUT2D eigenvalue weighted by atomic mass is 16.6. The van der Waals surface area contributed by atoms with Crippen LogP contribution in [0.2, 0.25) is 0 Å². The van der Waals surface area contributed by atoms with Gasteiger partial charge in [0.25, 0.3) is 0 Å². The molecule has 0 bridgehead atoms. The van der Waals surface area contributed by atoms with E-state index in [1.54, 1.807) is 27.0 Å². The molecule has 124 valence electrons. The summed E-state index contributed by atoms with van der Waals surface area (Å²) in [4.78, 5) is 11.6. The predicted molar refractivity (Wildman–Crippen MR) is 87.0 cm³/mol. The van der Waals surface area contributed by atoms with Crippen molar-refractivity contribution in [1.29, 1.82) is 0 Å². The number of carbonyl (C=O) groups is 1. The number of aromatic nitrogens is 2. The molecule has 0 radical (unpaired) electrons. The number of nitrogens with zero attached hydrogens (tertiary/aromatic N) is 3. The molecule has 0 fully saturated rings. The zero-order chi connectivity index (χ0) is 17.2. The maximum Gasteiger partial charge on any atom is 0.428 e. The summed E-state index contributed by atoms with van der Waals surface area (Å²) in [5.74, 6) is 1.46. The topological polar surface area (TPSA) is 81.7 Å². The molecule has 23 heavy (non-hydrogen) atoms. The number of hydrazone groups is 1. The third-order valence-electron chi connectivity index (χ3n) is 3.07. The first-order valence-corrected chi connectivity index (χ1v) is 7.32. The Morgan fingerprint density at radius 1 is 1.35 bits per heavy atom. The summed E-state index contributed by atoms with van der Waals surface area (Å²) in [5, 5.41) is 7.96. The summed E-state index contributed by atoms with van der Waals surface area (Å²) in [6.07, 6.45) is 0.991. The third kappa shape index (κ3) is 4.21. The predicted octanol–water partition coefficient (Wildman–Crippen LogP) is 3.25. The van der Waals surface area contributed by atoms with E-state index in [9.17, 15) is 4.79 Å². The van der Waals surface area contributed by atoms with Crippen LogP contribution < -0.4 is 5.43 Å². The molecule has 0 aliphatic rings. The molecule has 2 aromatic rings. The summed E-state index contributed by atoms with van der Waals surface area (Å²) in [5.41, 5.74) is 4.62. The molecule has 0 aliphatic heterocycles. The molecule has 0 unspecified atom stereocenters. The van der Waals surface area contributed by atoms with Crippen LogP contribution in [0.15, 0.2) is 21.8 Å². The SMILES string of the molecule is Cc1cc(-n2c(C)cc(/C=N\NC(=O)OC(C)(C)C)c2C)no1. The zero-order valence-electron chi connectivity index (χ0n) is 14.3. The lowest BCUT2D eigenvalue weighted by molar-refractivity contribution is 0.0529. The highest BCUT2D eigenvalue weighted by molar-refractivity contribution is 5.83. The monoisotopic (exact) mass is 318 g/mol. The Hall–Kier alpha value is -2.57. The van der Waals surface area contributed by atoms with Crippen LogP contribution in [0, 0.1) is 20.8 Å². The van der Waals surface area contributed by atoms with Crippen molar-refractivity contribution in [3.8, 4) is 5.82 Å². The maximum absolute atomic E-state index is 11.6. The van der Waals surface area contributed by atoms with Crippen LogP contribution in [0.4, 0.5) is 4.79 Å². The standard InChI is InChI=1S/C16H22N4O3/c1-10-7-13(9-17-18-15(21)22-16(4,5)6)12(3)20(10)14-8-11(2)23-19-14/h7-9H,1-6H3,(H,18,21)/b17-9-. The Morgan fingerprint density at radius 2 is 2.04 bits per heavy atom. The fraction of sp³-hybridized carbons (Fsp3) is 0.438. The Bertz CT molecular complexity index is 735. The second kappa shape index (κ2) is 6.28. The first-order valence-electron chi connectivity index (χ1n) is 7.32. The van der Waals surface area contributed by atoms with Crippen LogP contribution in [0.3, 0.4) is 0 Å².